The van der Waals surface area contributed by atoms with E-state index >= 15 is 0 Å². The van der Waals surface area contributed by atoms with Crippen LogP contribution < -0.4 is 0 Å². The average Bonchev–Trinajstić information content (AvgIpc) is 3.25. The number of amides is 1. The number of H-pyrrole nitrogens is 1. The number of furan rings is 1. The minimum Gasteiger partial charge on any atom is -0.459 e. The summed E-state index contributed by atoms with van der Waals surface area (Å²) in [6.45, 7) is 3.66. The van der Waals surface area contributed by atoms with Gasteiger partial charge in [0.1, 0.15) is 11.3 Å². The van der Waals surface area contributed by atoms with Crippen molar-refractivity contribution in [2.75, 3.05) is 7.05 Å². The molecule has 4 aromatic rings. The number of nitrogens with one attached hydrogen (secondary N) is 1. The topological polar surface area (TPSA) is 66.3 Å². The summed E-state index contributed by atoms with van der Waals surface area (Å²) in [6.07, 6.45) is 0. The van der Waals surface area contributed by atoms with Crippen LogP contribution in [0.25, 0.3) is 21.9 Å². The predicted molar refractivity (Wildman–Crippen MR) is 105 cm³/mol. The smallest absolute Gasteiger partial charge is 0.295 e. The van der Waals surface area contributed by atoms with Gasteiger partial charge in [-0.3, -0.25) is 9.59 Å². The minimum absolute atomic E-state index is 0.362. The zero-order valence-electron chi connectivity index (χ0n) is 15.4. The van der Waals surface area contributed by atoms with E-state index in [1.165, 1.54) is 4.90 Å². The van der Waals surface area contributed by atoms with E-state index in [0.717, 1.165) is 21.9 Å². The van der Waals surface area contributed by atoms with Gasteiger partial charge in [-0.05, 0) is 32.0 Å². The fourth-order valence-corrected chi connectivity index (χ4v) is 3.41. The first-order valence-corrected chi connectivity index (χ1v) is 8.84. The van der Waals surface area contributed by atoms with Gasteiger partial charge >= 0.3 is 0 Å². The van der Waals surface area contributed by atoms with Gasteiger partial charge in [-0.1, -0.05) is 36.4 Å². The SMILES string of the molecule is Cc1[nH]c2ccccc2c1C(=O)C(=O)N(C)[C@@H](C)c1cc2ccccc2o1. The first-order valence-electron chi connectivity index (χ1n) is 8.84. The van der Waals surface area contributed by atoms with Gasteiger partial charge in [0.15, 0.2) is 0 Å². The quantitative estimate of drug-likeness (QED) is 0.426. The molecule has 0 spiro atoms. The molecule has 0 radical (unpaired) electrons. The van der Waals surface area contributed by atoms with Crippen LogP contribution in [-0.2, 0) is 4.79 Å². The van der Waals surface area contributed by atoms with Crippen molar-refractivity contribution < 1.29 is 14.0 Å². The Hall–Kier alpha value is -3.34. The van der Waals surface area contributed by atoms with Gasteiger partial charge in [-0.2, -0.15) is 0 Å². The van der Waals surface area contributed by atoms with Crippen molar-refractivity contribution in [1.29, 1.82) is 0 Å². The van der Waals surface area contributed by atoms with Crippen LogP contribution in [0.5, 0.6) is 0 Å². The van der Waals surface area contributed by atoms with Crippen LogP contribution >= 0.6 is 0 Å². The van der Waals surface area contributed by atoms with Crippen LogP contribution in [0.15, 0.2) is 59.0 Å². The lowest BCUT2D eigenvalue weighted by molar-refractivity contribution is -0.127. The number of carbonyl (C=O) groups excluding carboxylic acids is 2. The van der Waals surface area contributed by atoms with Crippen LogP contribution in [0.4, 0.5) is 0 Å². The number of aryl methyl sites for hydroxylation is 1. The normalized spacial score (nSPS) is 12.4. The molecule has 136 valence electrons. The molecule has 0 bridgehead atoms. The van der Waals surface area contributed by atoms with Crippen molar-refractivity contribution in [1.82, 2.24) is 9.88 Å². The second-order valence-corrected chi connectivity index (χ2v) is 6.78. The van der Waals surface area contributed by atoms with Crippen LogP contribution in [-0.4, -0.2) is 28.6 Å². The standard InChI is InChI=1S/C22H20N2O3/c1-13-20(16-9-5-6-10-17(16)23-13)21(25)22(26)24(3)14(2)19-12-15-8-4-7-11-18(15)27-19/h4-12,14,23H,1-3H3/t14-/m0/s1. The second-order valence-electron chi connectivity index (χ2n) is 6.78. The summed E-state index contributed by atoms with van der Waals surface area (Å²) in [6, 6.07) is 16.7. The number of likely N-dealkylation sites (N-methyl/N-ethyl adjacent to an activating group) is 1. The zero-order valence-corrected chi connectivity index (χ0v) is 15.4. The molecule has 27 heavy (non-hydrogen) atoms. The highest BCUT2D eigenvalue weighted by Gasteiger charge is 2.29. The van der Waals surface area contributed by atoms with Crippen LogP contribution in [0.3, 0.4) is 0 Å². The fraction of sp³-hybridized carbons (Fsp3) is 0.182. The lowest BCUT2D eigenvalue weighted by Gasteiger charge is -2.22. The van der Waals surface area contributed by atoms with E-state index in [1.807, 2.05) is 68.4 Å². The molecule has 4 rings (SSSR count). The lowest BCUT2D eigenvalue weighted by Crippen LogP contribution is -2.35. The maximum absolute atomic E-state index is 12.9. The van der Waals surface area contributed by atoms with E-state index in [-0.39, 0.29) is 6.04 Å². The first-order chi connectivity index (χ1) is 13.0. The van der Waals surface area contributed by atoms with Gasteiger partial charge < -0.3 is 14.3 Å². The molecule has 1 atom stereocenters. The molecular formula is C22H20N2O3. The Balaban J connectivity index is 1.64. The molecule has 0 aliphatic rings. The van der Waals surface area contributed by atoms with Gasteiger partial charge in [0.25, 0.3) is 11.7 Å². The van der Waals surface area contributed by atoms with E-state index in [9.17, 15) is 9.59 Å². The van der Waals surface area contributed by atoms with Gasteiger partial charge in [0.2, 0.25) is 0 Å². The molecule has 5 nitrogen and oxygen atoms in total. The number of ketones is 1. The highest BCUT2D eigenvalue weighted by Crippen LogP contribution is 2.28. The maximum Gasteiger partial charge on any atom is 0.295 e. The van der Waals surface area contributed by atoms with Crippen molar-refractivity contribution in [2.45, 2.75) is 19.9 Å². The summed E-state index contributed by atoms with van der Waals surface area (Å²) in [5.74, 6) is -0.429. The number of para-hydroxylation sites is 2. The van der Waals surface area contributed by atoms with E-state index < -0.39 is 11.7 Å². The molecular weight excluding hydrogens is 340 g/mol. The van der Waals surface area contributed by atoms with Crippen LogP contribution in [0, 0.1) is 6.92 Å². The Bertz CT molecular complexity index is 1140. The Morgan fingerprint density at radius 1 is 1.07 bits per heavy atom. The third kappa shape index (κ3) is 2.81. The molecule has 2 heterocycles. The van der Waals surface area contributed by atoms with Crippen molar-refractivity contribution >= 4 is 33.6 Å². The maximum atomic E-state index is 12.9. The number of hydrogen-bond donors (Lipinski definition) is 1. The molecule has 0 unspecified atom stereocenters. The molecule has 0 saturated heterocycles. The first kappa shape index (κ1) is 17.1. The molecule has 2 aromatic heterocycles. The fourth-order valence-electron chi connectivity index (χ4n) is 3.41. The molecule has 2 aromatic carbocycles. The monoisotopic (exact) mass is 360 g/mol. The number of Topliss-reactive ketones (excluding diaryl/α,β-unsaturated/α-hetero) is 1. The third-order valence-corrected chi connectivity index (χ3v) is 5.07. The number of fused-ring (bicyclic) bond motifs is 2. The van der Waals surface area contributed by atoms with E-state index in [4.69, 9.17) is 4.42 Å². The highest BCUT2D eigenvalue weighted by molar-refractivity contribution is 6.45. The summed E-state index contributed by atoms with van der Waals surface area (Å²) in [5.41, 5.74) is 2.73. The number of aromatic nitrogens is 1. The van der Waals surface area contributed by atoms with E-state index in [2.05, 4.69) is 4.98 Å². The predicted octanol–water partition coefficient (Wildman–Crippen LogP) is 4.62. The molecule has 0 saturated carbocycles. The number of hydrogen-bond acceptors (Lipinski definition) is 3. The van der Waals surface area contributed by atoms with Crippen LogP contribution in [0.1, 0.15) is 34.8 Å². The van der Waals surface area contributed by atoms with E-state index in [1.54, 1.807) is 7.05 Å². The van der Waals surface area contributed by atoms with Gasteiger partial charge in [-0.15, -0.1) is 0 Å². The summed E-state index contributed by atoms with van der Waals surface area (Å²) in [7, 11) is 1.63. The largest absolute Gasteiger partial charge is 0.459 e. The number of carbonyl (C=O) groups is 2. The molecule has 1 amide bonds. The molecule has 5 heteroatoms. The number of aromatic amines is 1. The lowest BCUT2D eigenvalue weighted by atomic mass is 10.0. The summed E-state index contributed by atoms with van der Waals surface area (Å²) in [4.78, 5) is 30.4. The van der Waals surface area contributed by atoms with Gasteiger partial charge in [-0.25, -0.2) is 0 Å². The van der Waals surface area contributed by atoms with Crippen molar-refractivity contribution in [3.8, 4) is 0 Å². The zero-order chi connectivity index (χ0) is 19.1. The summed E-state index contributed by atoms with van der Waals surface area (Å²) in [5, 5.41) is 1.73. The number of nitrogens with zero attached hydrogens (tertiary/aromatic N) is 1. The molecule has 0 aliphatic heterocycles. The average molecular weight is 360 g/mol. The van der Waals surface area contributed by atoms with Crippen molar-refractivity contribution in [3.63, 3.8) is 0 Å². The van der Waals surface area contributed by atoms with Crippen molar-refractivity contribution in [3.05, 3.63) is 71.6 Å². The highest BCUT2D eigenvalue weighted by atomic mass is 16.3. The Morgan fingerprint density at radius 2 is 1.78 bits per heavy atom. The number of rotatable bonds is 4. The molecule has 1 N–H and O–H groups in total. The Morgan fingerprint density at radius 3 is 2.56 bits per heavy atom. The Kier molecular flexibility index (Phi) is 4.07. The summed E-state index contributed by atoms with van der Waals surface area (Å²) < 4.78 is 5.85. The van der Waals surface area contributed by atoms with Gasteiger partial charge in [0, 0.05) is 29.0 Å². The van der Waals surface area contributed by atoms with Gasteiger partial charge in [0.05, 0.1) is 11.6 Å². The minimum atomic E-state index is -0.559. The Labute approximate surface area is 156 Å². The van der Waals surface area contributed by atoms with Crippen molar-refractivity contribution in [2.24, 2.45) is 0 Å². The second kappa shape index (κ2) is 6.43. The van der Waals surface area contributed by atoms with Crippen LogP contribution in [0.2, 0.25) is 0 Å². The summed E-state index contributed by atoms with van der Waals surface area (Å²) >= 11 is 0. The third-order valence-electron chi connectivity index (χ3n) is 5.07. The molecule has 0 aliphatic carbocycles. The number of benzene rings is 2. The van der Waals surface area contributed by atoms with E-state index in [0.29, 0.717) is 17.0 Å². The molecule has 0 fully saturated rings.